The summed E-state index contributed by atoms with van der Waals surface area (Å²) in [5.74, 6) is 0.977. The Labute approximate surface area is 167 Å². The normalized spacial score (nSPS) is 20.5. The Balaban J connectivity index is 1.81. The van der Waals surface area contributed by atoms with Gasteiger partial charge in [0.05, 0.1) is 26.0 Å². The Morgan fingerprint density at radius 3 is 2.48 bits per heavy atom. The van der Waals surface area contributed by atoms with E-state index in [1.807, 2.05) is 12.1 Å². The largest absolute Gasteiger partial charge is 0.493 e. The standard InChI is InChI=1S/C21H23F2N3O3/c1-27-17-8-15-14(7-18(17)29-11-19(22)23)13-5-3-4-6-16(13)26-20(15)12-9-24-21(28-2)25-10-12/h7-10,13,16,19H,3-6,11H2,1-2H3/t13-,16-/m1/s1. The van der Waals surface area contributed by atoms with Crippen LogP contribution in [0, 0.1) is 0 Å². The van der Waals surface area contributed by atoms with E-state index in [1.165, 1.54) is 14.2 Å². The highest BCUT2D eigenvalue weighted by Crippen LogP contribution is 2.44. The average molecular weight is 403 g/mol. The van der Waals surface area contributed by atoms with Gasteiger partial charge in [-0.05, 0) is 30.5 Å². The van der Waals surface area contributed by atoms with Crippen molar-refractivity contribution >= 4 is 5.71 Å². The SMILES string of the molecule is COc1ncc(C2=N[C@@H]3CCCC[C@@H]3c3cc(OCC(F)F)c(OC)cc32)cn1. The highest BCUT2D eigenvalue weighted by molar-refractivity contribution is 6.14. The lowest BCUT2D eigenvalue weighted by molar-refractivity contribution is 0.0803. The molecule has 1 fully saturated rings. The lowest BCUT2D eigenvalue weighted by Crippen LogP contribution is -2.29. The van der Waals surface area contributed by atoms with Crippen molar-refractivity contribution in [2.45, 2.75) is 44.1 Å². The van der Waals surface area contributed by atoms with E-state index >= 15 is 0 Å². The summed E-state index contributed by atoms with van der Waals surface area (Å²) in [4.78, 5) is 13.4. The molecule has 8 heteroatoms. The van der Waals surface area contributed by atoms with Crippen LogP contribution in [0.15, 0.2) is 29.5 Å². The number of fused-ring (bicyclic) bond motifs is 3. The summed E-state index contributed by atoms with van der Waals surface area (Å²) in [7, 11) is 3.01. The summed E-state index contributed by atoms with van der Waals surface area (Å²) < 4.78 is 41.2. The Hall–Kier alpha value is -2.77. The van der Waals surface area contributed by atoms with Crippen LogP contribution >= 0.6 is 0 Å². The first kappa shape index (κ1) is 19.5. The van der Waals surface area contributed by atoms with Crippen LogP contribution in [0.4, 0.5) is 8.78 Å². The summed E-state index contributed by atoms with van der Waals surface area (Å²) in [6, 6.07) is 4.10. The molecule has 0 unspecified atom stereocenters. The summed E-state index contributed by atoms with van der Waals surface area (Å²) in [6.45, 7) is -0.670. The van der Waals surface area contributed by atoms with Crippen LogP contribution in [0.3, 0.4) is 0 Å². The quantitative estimate of drug-likeness (QED) is 0.729. The number of benzene rings is 1. The third-order valence-corrected chi connectivity index (χ3v) is 5.46. The number of nitrogens with zero attached hydrogens (tertiary/aromatic N) is 3. The van der Waals surface area contributed by atoms with Crippen molar-refractivity contribution in [2.24, 2.45) is 4.99 Å². The fraction of sp³-hybridized carbons (Fsp3) is 0.476. The highest BCUT2D eigenvalue weighted by atomic mass is 19.3. The molecule has 1 aromatic heterocycles. The Morgan fingerprint density at radius 2 is 1.79 bits per heavy atom. The molecule has 2 heterocycles. The number of alkyl halides is 2. The minimum atomic E-state index is -2.55. The van der Waals surface area contributed by atoms with Crippen molar-refractivity contribution in [3.63, 3.8) is 0 Å². The van der Waals surface area contributed by atoms with Crippen LogP contribution in [0.25, 0.3) is 0 Å². The lowest BCUT2D eigenvalue weighted by atomic mass is 9.75. The van der Waals surface area contributed by atoms with Gasteiger partial charge in [-0.3, -0.25) is 4.99 Å². The molecule has 2 aliphatic rings. The van der Waals surface area contributed by atoms with Crippen LogP contribution < -0.4 is 14.2 Å². The van der Waals surface area contributed by atoms with Crippen LogP contribution in [0.1, 0.15) is 48.3 Å². The zero-order chi connectivity index (χ0) is 20.4. The van der Waals surface area contributed by atoms with Gasteiger partial charge in [-0.15, -0.1) is 0 Å². The van der Waals surface area contributed by atoms with E-state index in [1.54, 1.807) is 12.4 Å². The molecule has 1 aliphatic carbocycles. The first-order valence-corrected chi connectivity index (χ1v) is 9.68. The van der Waals surface area contributed by atoms with Gasteiger partial charge >= 0.3 is 6.01 Å². The number of rotatable bonds is 6. The van der Waals surface area contributed by atoms with E-state index in [0.29, 0.717) is 11.5 Å². The lowest BCUT2D eigenvalue weighted by Gasteiger charge is -2.35. The predicted molar refractivity (Wildman–Crippen MR) is 104 cm³/mol. The molecule has 4 rings (SSSR count). The Bertz CT molecular complexity index is 903. The second kappa shape index (κ2) is 8.31. The van der Waals surface area contributed by atoms with Crippen molar-refractivity contribution in [3.05, 3.63) is 41.2 Å². The third-order valence-electron chi connectivity index (χ3n) is 5.46. The van der Waals surface area contributed by atoms with Crippen molar-refractivity contribution in [1.82, 2.24) is 9.97 Å². The number of halogens is 2. The fourth-order valence-electron chi connectivity index (χ4n) is 4.15. The van der Waals surface area contributed by atoms with Crippen molar-refractivity contribution < 1.29 is 23.0 Å². The van der Waals surface area contributed by atoms with Gasteiger partial charge in [0, 0.05) is 29.4 Å². The highest BCUT2D eigenvalue weighted by Gasteiger charge is 2.35. The van der Waals surface area contributed by atoms with Gasteiger partial charge in [0.1, 0.15) is 6.61 Å². The molecule has 2 atom stereocenters. The van der Waals surface area contributed by atoms with Crippen molar-refractivity contribution in [2.75, 3.05) is 20.8 Å². The minimum Gasteiger partial charge on any atom is -0.493 e. The topological polar surface area (TPSA) is 65.8 Å². The van der Waals surface area contributed by atoms with Crippen LogP contribution in [-0.4, -0.2) is 49.0 Å². The number of hydrogen-bond donors (Lipinski definition) is 0. The third kappa shape index (κ3) is 3.88. The number of methoxy groups -OCH3 is 2. The smallest absolute Gasteiger partial charge is 0.316 e. The average Bonchev–Trinajstić information content (AvgIpc) is 2.76. The van der Waals surface area contributed by atoms with Gasteiger partial charge in [-0.25, -0.2) is 18.7 Å². The number of hydrogen-bond acceptors (Lipinski definition) is 6. The molecule has 0 N–H and O–H groups in total. The first-order valence-electron chi connectivity index (χ1n) is 9.68. The molecule has 0 radical (unpaired) electrons. The molecular weight excluding hydrogens is 380 g/mol. The van der Waals surface area contributed by atoms with E-state index < -0.39 is 13.0 Å². The molecule has 0 bridgehead atoms. The van der Waals surface area contributed by atoms with Gasteiger partial charge < -0.3 is 14.2 Å². The molecule has 1 aliphatic heterocycles. The molecule has 1 aromatic carbocycles. The molecule has 1 saturated carbocycles. The maximum absolute atomic E-state index is 12.7. The summed E-state index contributed by atoms with van der Waals surface area (Å²) in [6.07, 6.45) is 5.06. The molecule has 0 saturated heterocycles. The predicted octanol–water partition coefficient (Wildman–Crippen LogP) is 4.01. The molecule has 0 amide bonds. The zero-order valence-electron chi connectivity index (χ0n) is 16.4. The summed E-state index contributed by atoms with van der Waals surface area (Å²) >= 11 is 0. The van der Waals surface area contributed by atoms with E-state index in [2.05, 4.69) is 9.97 Å². The van der Waals surface area contributed by atoms with Crippen molar-refractivity contribution in [1.29, 1.82) is 0 Å². The van der Waals surface area contributed by atoms with Crippen LogP contribution in [-0.2, 0) is 0 Å². The van der Waals surface area contributed by atoms with Gasteiger partial charge in [-0.2, -0.15) is 0 Å². The van der Waals surface area contributed by atoms with Crippen molar-refractivity contribution in [3.8, 4) is 17.5 Å². The Morgan fingerprint density at radius 1 is 1.03 bits per heavy atom. The number of aliphatic imine (C=N–C) groups is 1. The summed E-state index contributed by atoms with van der Waals surface area (Å²) in [5, 5.41) is 0. The minimum absolute atomic E-state index is 0.143. The molecule has 0 spiro atoms. The van der Waals surface area contributed by atoms with E-state index in [9.17, 15) is 8.78 Å². The molecule has 2 aromatic rings. The monoisotopic (exact) mass is 403 g/mol. The van der Waals surface area contributed by atoms with Gasteiger partial charge in [0.25, 0.3) is 6.43 Å². The zero-order valence-corrected chi connectivity index (χ0v) is 16.4. The van der Waals surface area contributed by atoms with Gasteiger partial charge in [0.15, 0.2) is 11.5 Å². The van der Waals surface area contributed by atoms with Gasteiger partial charge in [0.2, 0.25) is 0 Å². The van der Waals surface area contributed by atoms with Crippen LogP contribution in [0.5, 0.6) is 17.5 Å². The maximum atomic E-state index is 12.7. The first-order chi connectivity index (χ1) is 14.1. The maximum Gasteiger partial charge on any atom is 0.316 e. The molecule has 29 heavy (non-hydrogen) atoms. The van der Waals surface area contributed by atoms with Crippen LogP contribution in [0.2, 0.25) is 0 Å². The Kier molecular flexibility index (Phi) is 5.60. The molecule has 6 nitrogen and oxygen atoms in total. The second-order valence-corrected chi connectivity index (χ2v) is 7.19. The van der Waals surface area contributed by atoms with Gasteiger partial charge in [-0.1, -0.05) is 12.8 Å². The van der Waals surface area contributed by atoms with E-state index in [4.69, 9.17) is 19.2 Å². The van der Waals surface area contributed by atoms with E-state index in [-0.39, 0.29) is 18.0 Å². The second-order valence-electron chi connectivity index (χ2n) is 7.19. The molecular formula is C21H23F2N3O3. The van der Waals surface area contributed by atoms with E-state index in [0.717, 1.165) is 48.1 Å². The summed E-state index contributed by atoms with van der Waals surface area (Å²) in [5.41, 5.74) is 3.52. The number of aromatic nitrogens is 2. The fourth-order valence-corrected chi connectivity index (χ4v) is 4.15. The molecule has 154 valence electrons. The number of ether oxygens (including phenoxy) is 3.